The minimum absolute atomic E-state index is 0.371. The monoisotopic (exact) mass is 285 g/mol. The molecule has 0 aliphatic heterocycles. The van der Waals surface area contributed by atoms with Crippen molar-refractivity contribution >= 4 is 22.7 Å². The molecule has 1 unspecified atom stereocenters. The Hall–Kier alpha value is -1.74. The van der Waals surface area contributed by atoms with Crippen LogP contribution >= 0.6 is 0 Å². The third-order valence-electron chi connectivity index (χ3n) is 2.81. The second-order valence-electron chi connectivity index (χ2n) is 5.07. The highest BCUT2D eigenvalue weighted by Gasteiger charge is 2.10. The van der Waals surface area contributed by atoms with E-state index in [-0.39, 0.29) is 0 Å². The molecule has 1 atom stereocenters. The maximum absolute atomic E-state index is 12.7. The SMILES string of the molecule is Cc1ccc(S(=O)c2ccccc2N=CC(C)C)cc1. The lowest BCUT2D eigenvalue weighted by molar-refractivity contribution is 0.683. The zero-order valence-electron chi connectivity index (χ0n) is 12.0. The summed E-state index contributed by atoms with van der Waals surface area (Å²) in [6, 6.07) is 15.4. The molecule has 0 radical (unpaired) electrons. The molecule has 2 rings (SSSR count). The summed E-state index contributed by atoms with van der Waals surface area (Å²) in [5.41, 5.74) is 1.94. The fourth-order valence-corrected chi connectivity index (χ4v) is 2.89. The molecule has 2 aromatic carbocycles. The van der Waals surface area contributed by atoms with Crippen molar-refractivity contribution in [3.05, 3.63) is 54.1 Å². The van der Waals surface area contributed by atoms with Crippen LogP contribution in [0.5, 0.6) is 0 Å². The van der Waals surface area contributed by atoms with Crippen LogP contribution in [0.4, 0.5) is 5.69 Å². The summed E-state index contributed by atoms with van der Waals surface area (Å²) in [6.45, 7) is 6.17. The normalized spacial score (nSPS) is 13.0. The van der Waals surface area contributed by atoms with Crippen molar-refractivity contribution in [2.45, 2.75) is 30.6 Å². The number of hydrogen-bond acceptors (Lipinski definition) is 2. The van der Waals surface area contributed by atoms with Crippen LogP contribution in [0, 0.1) is 12.8 Å². The first kappa shape index (κ1) is 14.7. The summed E-state index contributed by atoms with van der Waals surface area (Å²) in [6.07, 6.45) is 1.88. The first-order chi connectivity index (χ1) is 9.58. The van der Waals surface area contributed by atoms with Gasteiger partial charge in [0.25, 0.3) is 0 Å². The number of benzene rings is 2. The van der Waals surface area contributed by atoms with Crippen LogP contribution in [-0.2, 0) is 10.8 Å². The smallest absolute Gasteiger partial charge is 0.0871 e. The number of para-hydroxylation sites is 1. The molecule has 0 aliphatic carbocycles. The zero-order chi connectivity index (χ0) is 14.5. The Bertz CT molecular complexity index is 630. The maximum Gasteiger partial charge on any atom is 0.0871 e. The fourth-order valence-electron chi connectivity index (χ4n) is 1.74. The number of nitrogens with zero attached hydrogens (tertiary/aromatic N) is 1. The summed E-state index contributed by atoms with van der Waals surface area (Å²) in [7, 11) is -1.20. The second kappa shape index (κ2) is 6.62. The summed E-state index contributed by atoms with van der Waals surface area (Å²) in [5, 5.41) is 0. The fraction of sp³-hybridized carbons (Fsp3) is 0.235. The van der Waals surface area contributed by atoms with E-state index < -0.39 is 10.8 Å². The van der Waals surface area contributed by atoms with Gasteiger partial charge < -0.3 is 0 Å². The molecule has 2 aromatic rings. The van der Waals surface area contributed by atoms with Gasteiger partial charge in [0.1, 0.15) is 0 Å². The third-order valence-corrected chi connectivity index (χ3v) is 4.26. The molecule has 0 saturated carbocycles. The van der Waals surface area contributed by atoms with E-state index in [1.54, 1.807) is 0 Å². The van der Waals surface area contributed by atoms with Crippen LogP contribution in [0.3, 0.4) is 0 Å². The standard InChI is InChI=1S/C17H19NOS/c1-13(2)12-18-16-6-4-5-7-17(16)20(19)15-10-8-14(3)9-11-15/h4-13H,1-3H3. The second-order valence-corrected chi connectivity index (χ2v) is 6.52. The molecule has 0 heterocycles. The van der Waals surface area contributed by atoms with E-state index in [4.69, 9.17) is 0 Å². The Morgan fingerprint density at radius 1 is 1.05 bits per heavy atom. The number of rotatable bonds is 4. The van der Waals surface area contributed by atoms with Gasteiger partial charge in [0.05, 0.1) is 21.4 Å². The van der Waals surface area contributed by atoms with Crippen molar-refractivity contribution in [2.24, 2.45) is 10.9 Å². The highest BCUT2D eigenvalue weighted by molar-refractivity contribution is 7.85. The molecule has 0 aliphatic rings. The molecular formula is C17H19NOS. The topological polar surface area (TPSA) is 29.4 Å². The molecule has 0 aromatic heterocycles. The Morgan fingerprint density at radius 3 is 2.35 bits per heavy atom. The largest absolute Gasteiger partial charge is 0.260 e. The van der Waals surface area contributed by atoms with Crippen molar-refractivity contribution < 1.29 is 4.21 Å². The summed E-state index contributed by atoms with van der Waals surface area (Å²) < 4.78 is 12.7. The predicted octanol–water partition coefficient (Wildman–Crippen LogP) is 4.52. The molecule has 3 heteroatoms. The molecule has 0 spiro atoms. The first-order valence-electron chi connectivity index (χ1n) is 6.69. The first-order valence-corrected chi connectivity index (χ1v) is 7.84. The predicted molar refractivity (Wildman–Crippen MR) is 85.3 cm³/mol. The van der Waals surface area contributed by atoms with E-state index in [0.717, 1.165) is 21.0 Å². The van der Waals surface area contributed by atoms with E-state index in [1.165, 1.54) is 0 Å². The molecule has 0 saturated heterocycles. The van der Waals surface area contributed by atoms with Crippen molar-refractivity contribution in [1.82, 2.24) is 0 Å². The van der Waals surface area contributed by atoms with Crippen molar-refractivity contribution in [3.63, 3.8) is 0 Å². The molecule has 0 N–H and O–H groups in total. The quantitative estimate of drug-likeness (QED) is 0.759. The molecule has 0 bridgehead atoms. The summed E-state index contributed by atoms with van der Waals surface area (Å²) >= 11 is 0. The van der Waals surface area contributed by atoms with Crippen molar-refractivity contribution in [2.75, 3.05) is 0 Å². The average Bonchev–Trinajstić information content (AvgIpc) is 2.45. The lowest BCUT2D eigenvalue weighted by Gasteiger charge is -2.06. The van der Waals surface area contributed by atoms with Gasteiger partial charge in [0.15, 0.2) is 0 Å². The highest BCUT2D eigenvalue weighted by atomic mass is 32.2. The lowest BCUT2D eigenvalue weighted by Crippen LogP contribution is -1.94. The minimum atomic E-state index is -1.20. The Morgan fingerprint density at radius 2 is 1.70 bits per heavy atom. The molecule has 0 amide bonds. The molecule has 0 fully saturated rings. The third kappa shape index (κ3) is 3.64. The summed E-state index contributed by atoms with van der Waals surface area (Å²) in [4.78, 5) is 6.02. The van der Waals surface area contributed by atoms with Gasteiger partial charge in [-0.15, -0.1) is 0 Å². The highest BCUT2D eigenvalue weighted by Crippen LogP contribution is 2.26. The average molecular weight is 285 g/mol. The van der Waals surface area contributed by atoms with Crippen LogP contribution in [0.15, 0.2) is 63.3 Å². The van der Waals surface area contributed by atoms with Crippen LogP contribution in [0.2, 0.25) is 0 Å². The molecule has 2 nitrogen and oxygen atoms in total. The van der Waals surface area contributed by atoms with E-state index in [2.05, 4.69) is 18.8 Å². The number of aliphatic imine (C=N–C) groups is 1. The van der Waals surface area contributed by atoms with Gasteiger partial charge in [-0.3, -0.25) is 4.99 Å². The minimum Gasteiger partial charge on any atom is -0.260 e. The van der Waals surface area contributed by atoms with Crippen LogP contribution in [-0.4, -0.2) is 10.4 Å². The van der Waals surface area contributed by atoms with Gasteiger partial charge in [-0.05, 0) is 37.1 Å². The van der Waals surface area contributed by atoms with Crippen LogP contribution < -0.4 is 0 Å². The molecular weight excluding hydrogens is 266 g/mol. The Balaban J connectivity index is 2.37. The number of aryl methyl sites for hydroxylation is 1. The van der Waals surface area contributed by atoms with Crippen LogP contribution in [0.25, 0.3) is 0 Å². The van der Waals surface area contributed by atoms with Gasteiger partial charge in [-0.25, -0.2) is 4.21 Å². The lowest BCUT2D eigenvalue weighted by atomic mass is 10.2. The van der Waals surface area contributed by atoms with Gasteiger partial charge in [-0.1, -0.05) is 43.7 Å². The maximum atomic E-state index is 12.7. The van der Waals surface area contributed by atoms with E-state index in [0.29, 0.717) is 5.92 Å². The van der Waals surface area contributed by atoms with Gasteiger partial charge >= 0.3 is 0 Å². The van der Waals surface area contributed by atoms with E-state index in [9.17, 15) is 4.21 Å². The van der Waals surface area contributed by atoms with E-state index >= 15 is 0 Å². The number of hydrogen-bond donors (Lipinski definition) is 0. The van der Waals surface area contributed by atoms with Crippen LogP contribution in [0.1, 0.15) is 19.4 Å². The zero-order valence-corrected chi connectivity index (χ0v) is 12.9. The van der Waals surface area contributed by atoms with Gasteiger partial charge in [0, 0.05) is 11.1 Å². The van der Waals surface area contributed by atoms with Gasteiger partial charge in [-0.2, -0.15) is 0 Å². The summed E-state index contributed by atoms with van der Waals surface area (Å²) in [5.74, 6) is 0.371. The van der Waals surface area contributed by atoms with Gasteiger partial charge in [0.2, 0.25) is 0 Å². The van der Waals surface area contributed by atoms with Crippen molar-refractivity contribution in [1.29, 1.82) is 0 Å². The Labute approximate surface area is 123 Å². The van der Waals surface area contributed by atoms with E-state index in [1.807, 2.05) is 61.7 Å². The molecule has 104 valence electrons. The van der Waals surface area contributed by atoms with Crippen molar-refractivity contribution in [3.8, 4) is 0 Å². The molecule has 20 heavy (non-hydrogen) atoms. The Kier molecular flexibility index (Phi) is 4.85.